The molecule has 2 N–H and O–H groups in total. The molecule has 6 nitrogen and oxygen atoms in total. The van der Waals surface area contributed by atoms with Gasteiger partial charge in [-0.15, -0.1) is 0 Å². The van der Waals surface area contributed by atoms with Crippen LogP contribution in [0.1, 0.15) is 24.2 Å². The topological polar surface area (TPSA) is 90.7 Å². The minimum atomic E-state index is -4.09. The van der Waals surface area contributed by atoms with Crippen molar-refractivity contribution in [3.8, 4) is 0 Å². The van der Waals surface area contributed by atoms with Gasteiger partial charge in [0.2, 0.25) is 10.0 Å². The lowest BCUT2D eigenvalue weighted by atomic mass is 10.2. The Balaban J connectivity index is 2.87. The third-order valence-corrected chi connectivity index (χ3v) is 4.70. The summed E-state index contributed by atoms with van der Waals surface area (Å²) in [5, 5.41) is 10.7. The molecule has 0 aromatic heterocycles. The highest BCUT2D eigenvalue weighted by Gasteiger charge is 2.20. The third-order valence-electron chi connectivity index (χ3n) is 3.23. The number of rotatable bonds is 8. The van der Waals surface area contributed by atoms with Crippen molar-refractivity contribution in [2.45, 2.75) is 18.7 Å². The van der Waals surface area contributed by atoms with Crippen LogP contribution in [0.3, 0.4) is 0 Å². The van der Waals surface area contributed by atoms with Crippen LogP contribution in [0.25, 0.3) is 0 Å². The molecular weight excluding hydrogens is 299 g/mol. The molecule has 0 atom stereocenters. The second kappa shape index (κ2) is 7.48. The number of carbonyl (C=O) groups excluding carboxylic acids is 1. The monoisotopic (exact) mass is 318 g/mol. The van der Waals surface area contributed by atoms with Crippen LogP contribution in [0, 0.1) is 5.82 Å². The Morgan fingerprint density at radius 2 is 1.95 bits per heavy atom. The van der Waals surface area contributed by atoms with Gasteiger partial charge in [0, 0.05) is 0 Å². The molecule has 0 aliphatic rings. The summed E-state index contributed by atoms with van der Waals surface area (Å²) in [5.41, 5.74) is -0.383. The fraction of sp³-hybridized carbons (Fsp3) is 0.462. The predicted molar refractivity (Wildman–Crippen MR) is 72.8 cm³/mol. The quantitative estimate of drug-likeness (QED) is 0.603. The average Bonchev–Trinajstić information content (AvgIpc) is 2.43. The first-order valence-corrected chi connectivity index (χ1v) is 8.14. The summed E-state index contributed by atoms with van der Waals surface area (Å²) >= 11 is 0. The highest BCUT2D eigenvalue weighted by atomic mass is 32.2. The molecule has 0 aliphatic heterocycles. The largest absolute Gasteiger partial charge is 0.545 e. The summed E-state index contributed by atoms with van der Waals surface area (Å²) in [6.07, 6.45) is 0. The molecule has 0 unspecified atom stereocenters. The zero-order chi connectivity index (χ0) is 16.0. The molecule has 0 amide bonds. The molecule has 21 heavy (non-hydrogen) atoms. The maximum atomic E-state index is 13.6. The van der Waals surface area contributed by atoms with Gasteiger partial charge in [-0.3, -0.25) is 0 Å². The average molecular weight is 318 g/mol. The first kappa shape index (κ1) is 17.5. The summed E-state index contributed by atoms with van der Waals surface area (Å²) in [5.74, 6) is -2.55. The van der Waals surface area contributed by atoms with Gasteiger partial charge >= 0.3 is 0 Å². The molecule has 0 radical (unpaired) electrons. The van der Waals surface area contributed by atoms with E-state index in [1.54, 1.807) is 0 Å². The lowest BCUT2D eigenvalue weighted by Crippen LogP contribution is -3.12. The molecule has 118 valence electrons. The van der Waals surface area contributed by atoms with E-state index in [9.17, 15) is 22.7 Å². The normalized spacial score (nSPS) is 11.8. The Bertz CT molecular complexity index is 600. The number of quaternary nitrogens is 1. The van der Waals surface area contributed by atoms with E-state index in [4.69, 9.17) is 0 Å². The van der Waals surface area contributed by atoms with Crippen LogP contribution in [-0.2, 0) is 10.0 Å². The number of likely N-dealkylation sites (N-methyl/N-ethyl adjacent to an activating group) is 1. The zero-order valence-electron chi connectivity index (χ0n) is 12.0. The SMILES string of the molecule is CC[NH+](CC)CCNS(=O)(=O)c1cc(C(=O)[O-])ccc1F. The molecule has 0 saturated carbocycles. The fourth-order valence-electron chi connectivity index (χ4n) is 1.88. The summed E-state index contributed by atoms with van der Waals surface area (Å²) in [6.45, 7) is 6.38. The lowest BCUT2D eigenvalue weighted by Gasteiger charge is -2.16. The van der Waals surface area contributed by atoms with E-state index in [0.717, 1.165) is 31.3 Å². The number of hydrogen-bond acceptors (Lipinski definition) is 4. The van der Waals surface area contributed by atoms with E-state index in [1.165, 1.54) is 4.90 Å². The van der Waals surface area contributed by atoms with Crippen molar-refractivity contribution in [2.24, 2.45) is 0 Å². The molecule has 1 aromatic carbocycles. The predicted octanol–water partition coefficient (Wildman–Crippen LogP) is -1.61. The van der Waals surface area contributed by atoms with Gasteiger partial charge < -0.3 is 14.8 Å². The van der Waals surface area contributed by atoms with Crippen LogP contribution in [0.15, 0.2) is 23.1 Å². The lowest BCUT2D eigenvalue weighted by molar-refractivity contribution is -0.895. The molecule has 1 aromatic rings. The second-order valence-electron chi connectivity index (χ2n) is 4.54. The number of benzene rings is 1. The number of carboxylic acids is 1. The summed E-state index contributed by atoms with van der Waals surface area (Å²) in [6, 6.07) is 2.52. The molecule has 0 fully saturated rings. The van der Waals surface area contributed by atoms with Crippen molar-refractivity contribution in [1.29, 1.82) is 0 Å². The van der Waals surface area contributed by atoms with Crippen molar-refractivity contribution in [2.75, 3.05) is 26.2 Å². The standard InChI is InChI=1S/C13H19FN2O4S/c1-3-16(4-2)8-7-15-21(19,20)12-9-10(13(17)18)5-6-11(12)14/h5-6,9,15H,3-4,7-8H2,1-2H3,(H,17,18). The first-order valence-electron chi connectivity index (χ1n) is 6.66. The van der Waals surface area contributed by atoms with Crippen molar-refractivity contribution in [1.82, 2.24) is 4.72 Å². The molecule has 0 aliphatic carbocycles. The number of carboxylic acid groups (broad SMARTS) is 1. The highest BCUT2D eigenvalue weighted by Crippen LogP contribution is 2.15. The van der Waals surface area contributed by atoms with Crippen LogP contribution in [0.2, 0.25) is 0 Å². The van der Waals surface area contributed by atoms with Gasteiger partial charge in [-0.2, -0.15) is 0 Å². The smallest absolute Gasteiger partial charge is 0.243 e. The minimum Gasteiger partial charge on any atom is -0.545 e. The van der Waals surface area contributed by atoms with Crippen LogP contribution in [-0.4, -0.2) is 40.6 Å². The van der Waals surface area contributed by atoms with E-state index in [0.29, 0.717) is 6.54 Å². The van der Waals surface area contributed by atoms with Crippen LogP contribution < -0.4 is 14.7 Å². The van der Waals surface area contributed by atoms with Gasteiger partial charge in [-0.1, -0.05) is 6.07 Å². The van der Waals surface area contributed by atoms with E-state index in [-0.39, 0.29) is 12.1 Å². The van der Waals surface area contributed by atoms with Crippen LogP contribution >= 0.6 is 0 Å². The molecule has 1 rings (SSSR count). The van der Waals surface area contributed by atoms with Gasteiger partial charge in [-0.05, 0) is 31.5 Å². The number of halogens is 1. The van der Waals surface area contributed by atoms with Crippen molar-refractivity contribution in [3.05, 3.63) is 29.6 Å². The molecule has 0 saturated heterocycles. The number of nitrogens with one attached hydrogen (secondary N) is 2. The fourth-order valence-corrected chi connectivity index (χ4v) is 3.01. The number of sulfonamides is 1. The molecular formula is C13H19FN2O4S. The Kier molecular flexibility index (Phi) is 6.25. The first-order chi connectivity index (χ1) is 9.81. The molecule has 0 heterocycles. The highest BCUT2D eigenvalue weighted by molar-refractivity contribution is 7.89. The van der Waals surface area contributed by atoms with Crippen LogP contribution in [0.4, 0.5) is 4.39 Å². The number of hydrogen-bond donors (Lipinski definition) is 2. The van der Waals surface area contributed by atoms with E-state index in [1.807, 2.05) is 13.8 Å². The van der Waals surface area contributed by atoms with E-state index < -0.39 is 26.7 Å². The molecule has 0 bridgehead atoms. The Morgan fingerprint density at radius 1 is 1.33 bits per heavy atom. The van der Waals surface area contributed by atoms with Gasteiger partial charge in [0.1, 0.15) is 10.7 Å². The van der Waals surface area contributed by atoms with E-state index in [2.05, 4.69) is 4.72 Å². The van der Waals surface area contributed by atoms with E-state index >= 15 is 0 Å². The Labute approximate surface area is 123 Å². The summed E-state index contributed by atoms with van der Waals surface area (Å²) in [4.78, 5) is 11.2. The van der Waals surface area contributed by atoms with Gasteiger partial charge in [-0.25, -0.2) is 17.5 Å². The molecule has 0 spiro atoms. The van der Waals surface area contributed by atoms with Gasteiger partial charge in [0.15, 0.2) is 0 Å². The Hall–Kier alpha value is -1.51. The maximum absolute atomic E-state index is 13.6. The molecule has 8 heteroatoms. The van der Waals surface area contributed by atoms with Crippen molar-refractivity contribution in [3.63, 3.8) is 0 Å². The number of aromatic carboxylic acids is 1. The zero-order valence-corrected chi connectivity index (χ0v) is 12.8. The van der Waals surface area contributed by atoms with Gasteiger partial charge in [0.25, 0.3) is 0 Å². The minimum absolute atomic E-state index is 0.147. The maximum Gasteiger partial charge on any atom is 0.243 e. The summed E-state index contributed by atoms with van der Waals surface area (Å²) in [7, 11) is -4.09. The van der Waals surface area contributed by atoms with Crippen molar-refractivity contribution < 1.29 is 27.6 Å². The third kappa shape index (κ3) is 4.76. The Morgan fingerprint density at radius 3 is 2.48 bits per heavy atom. The summed E-state index contributed by atoms with van der Waals surface area (Å²) < 4.78 is 39.9. The van der Waals surface area contributed by atoms with Crippen LogP contribution in [0.5, 0.6) is 0 Å². The van der Waals surface area contributed by atoms with Crippen molar-refractivity contribution >= 4 is 16.0 Å². The second-order valence-corrected chi connectivity index (χ2v) is 6.27. The number of carbonyl (C=O) groups is 1. The van der Waals surface area contributed by atoms with Gasteiger partial charge in [0.05, 0.1) is 32.1 Å².